The van der Waals surface area contributed by atoms with E-state index in [4.69, 9.17) is 19.9 Å². The van der Waals surface area contributed by atoms with Crippen molar-refractivity contribution in [1.82, 2.24) is 14.8 Å². The van der Waals surface area contributed by atoms with Crippen LogP contribution < -0.4 is 10.6 Å². The van der Waals surface area contributed by atoms with E-state index >= 15 is 0 Å². The van der Waals surface area contributed by atoms with Gasteiger partial charge in [0.2, 0.25) is 5.95 Å². The summed E-state index contributed by atoms with van der Waals surface area (Å²) in [6.07, 6.45) is 0. The monoisotopic (exact) mass is 427 g/mol. The Morgan fingerprint density at radius 2 is 1.89 bits per heavy atom. The van der Waals surface area contributed by atoms with E-state index in [9.17, 15) is 9.59 Å². The van der Waals surface area contributed by atoms with Gasteiger partial charge in [0.15, 0.2) is 5.16 Å². The highest BCUT2D eigenvalue weighted by atomic mass is 32.2. The summed E-state index contributed by atoms with van der Waals surface area (Å²) in [5.41, 5.74) is 6.63. The summed E-state index contributed by atoms with van der Waals surface area (Å²) < 4.78 is 16.9. The van der Waals surface area contributed by atoms with Crippen LogP contribution in [0.25, 0.3) is 0 Å². The molecular weight excluding hydrogens is 406 g/mol. The number of ether oxygens (including phenoxy) is 3. The fraction of sp³-hybridized carbons (Fsp3) is 0.500. The van der Waals surface area contributed by atoms with E-state index in [2.05, 4.69) is 15.1 Å². The van der Waals surface area contributed by atoms with Crippen molar-refractivity contribution in [2.75, 3.05) is 51.2 Å². The molecule has 0 radical (unpaired) electrons. The smallest absolute Gasteiger partial charge is 0.348 e. The Bertz CT molecular complexity index is 875. The van der Waals surface area contributed by atoms with Crippen molar-refractivity contribution >= 4 is 46.0 Å². The molecule has 12 heteroatoms. The van der Waals surface area contributed by atoms with Crippen molar-refractivity contribution in [3.05, 3.63) is 16.0 Å². The van der Waals surface area contributed by atoms with E-state index in [1.54, 1.807) is 0 Å². The molecule has 1 saturated heterocycles. The zero-order chi connectivity index (χ0) is 20.3. The number of nitrogens with zero attached hydrogens (tertiary/aromatic N) is 4. The van der Waals surface area contributed by atoms with Crippen LogP contribution in [-0.2, 0) is 27.0 Å². The van der Waals surface area contributed by atoms with Crippen LogP contribution in [0.1, 0.15) is 25.6 Å². The number of thioether (sulfide) groups is 1. The second kappa shape index (κ2) is 8.80. The van der Waals surface area contributed by atoms with Gasteiger partial charge in [-0.1, -0.05) is 11.8 Å². The molecule has 0 aliphatic carbocycles. The SMILES string of the molecule is COC(=O)c1sc(N)c(C(=O)OC)c1CSc1nnc(N2CCOCC2)n1C. The van der Waals surface area contributed by atoms with Crippen LogP contribution in [0.15, 0.2) is 5.16 Å². The summed E-state index contributed by atoms with van der Waals surface area (Å²) in [7, 11) is 4.42. The van der Waals surface area contributed by atoms with Crippen molar-refractivity contribution in [2.45, 2.75) is 10.9 Å². The third-order valence-electron chi connectivity index (χ3n) is 4.25. The molecule has 2 aromatic heterocycles. The molecule has 1 aliphatic heterocycles. The maximum absolute atomic E-state index is 12.2. The van der Waals surface area contributed by atoms with Gasteiger partial charge in [-0.3, -0.25) is 4.57 Å². The first-order valence-corrected chi connectivity index (χ1v) is 10.2. The zero-order valence-electron chi connectivity index (χ0n) is 15.8. The van der Waals surface area contributed by atoms with Gasteiger partial charge in [0.25, 0.3) is 0 Å². The largest absolute Gasteiger partial charge is 0.465 e. The number of carbonyl (C=O) groups is 2. The minimum Gasteiger partial charge on any atom is -0.465 e. The number of rotatable bonds is 6. The Balaban J connectivity index is 1.85. The number of methoxy groups -OCH3 is 2. The minimum absolute atomic E-state index is 0.191. The molecule has 2 N–H and O–H groups in total. The minimum atomic E-state index is -0.591. The maximum atomic E-state index is 12.2. The number of aromatic nitrogens is 3. The highest BCUT2D eigenvalue weighted by Gasteiger charge is 2.28. The van der Waals surface area contributed by atoms with Gasteiger partial charge in [-0.2, -0.15) is 0 Å². The molecular formula is C16H21N5O5S2. The van der Waals surface area contributed by atoms with Crippen LogP contribution in [0.4, 0.5) is 10.9 Å². The van der Waals surface area contributed by atoms with Crippen molar-refractivity contribution in [3.8, 4) is 0 Å². The molecule has 10 nitrogen and oxygen atoms in total. The lowest BCUT2D eigenvalue weighted by Gasteiger charge is -2.27. The van der Waals surface area contributed by atoms with E-state index in [-0.39, 0.29) is 21.2 Å². The van der Waals surface area contributed by atoms with Crippen LogP contribution in [0.3, 0.4) is 0 Å². The molecule has 0 aromatic carbocycles. The topological polar surface area (TPSA) is 122 Å². The average molecular weight is 428 g/mol. The Morgan fingerprint density at radius 1 is 1.21 bits per heavy atom. The molecule has 152 valence electrons. The Hall–Kier alpha value is -2.31. The second-order valence-corrected chi connectivity index (χ2v) is 7.86. The highest BCUT2D eigenvalue weighted by Crippen LogP contribution is 2.36. The molecule has 0 spiro atoms. The van der Waals surface area contributed by atoms with E-state index in [1.165, 1.54) is 26.0 Å². The number of hydrogen-bond donors (Lipinski definition) is 1. The summed E-state index contributed by atoms with van der Waals surface area (Å²) >= 11 is 2.36. The first-order valence-electron chi connectivity index (χ1n) is 8.40. The molecule has 28 heavy (non-hydrogen) atoms. The number of carbonyl (C=O) groups excluding carboxylic acids is 2. The van der Waals surface area contributed by atoms with Gasteiger partial charge in [0.05, 0.1) is 33.0 Å². The van der Waals surface area contributed by atoms with E-state index in [0.717, 1.165) is 30.4 Å². The van der Waals surface area contributed by atoms with Crippen LogP contribution in [0.5, 0.6) is 0 Å². The predicted octanol–water partition coefficient (Wildman–Crippen LogP) is 1.16. The van der Waals surface area contributed by atoms with E-state index in [0.29, 0.717) is 23.9 Å². The second-order valence-electron chi connectivity index (χ2n) is 5.86. The molecule has 3 rings (SSSR count). The number of nitrogen functional groups attached to an aromatic ring is 1. The molecule has 0 atom stereocenters. The standard InChI is InChI=1S/C16H21N5O5S2/c1-20-15(21-4-6-26-7-5-21)18-19-16(20)27-8-9-10(13(22)24-2)12(17)28-11(9)14(23)25-3/h4-8,17H2,1-3H3. The molecule has 0 amide bonds. The third-order valence-corrected chi connectivity index (χ3v) is 6.33. The van der Waals surface area contributed by atoms with Gasteiger partial charge in [-0.15, -0.1) is 21.5 Å². The Labute approximate surface area is 169 Å². The van der Waals surface area contributed by atoms with Crippen LogP contribution >= 0.6 is 23.1 Å². The van der Waals surface area contributed by atoms with Gasteiger partial charge in [-0.05, 0) is 0 Å². The molecule has 3 heterocycles. The van der Waals surface area contributed by atoms with E-state index in [1.807, 2.05) is 11.6 Å². The zero-order valence-corrected chi connectivity index (χ0v) is 17.4. The summed E-state index contributed by atoms with van der Waals surface area (Å²) in [6, 6.07) is 0. The lowest BCUT2D eigenvalue weighted by atomic mass is 10.1. The number of thiophene rings is 1. The number of nitrogens with two attached hydrogens (primary N) is 1. The first-order chi connectivity index (χ1) is 13.5. The van der Waals surface area contributed by atoms with Gasteiger partial charge >= 0.3 is 11.9 Å². The molecule has 0 unspecified atom stereocenters. The molecule has 1 fully saturated rings. The quantitative estimate of drug-likeness (QED) is 0.531. The van der Waals surface area contributed by atoms with Crippen LogP contribution in [-0.4, -0.2) is 67.2 Å². The normalized spacial score (nSPS) is 14.2. The van der Waals surface area contributed by atoms with E-state index < -0.39 is 11.9 Å². The molecule has 1 aliphatic rings. The number of anilines is 2. The lowest BCUT2D eigenvalue weighted by molar-refractivity contribution is 0.0601. The van der Waals surface area contributed by atoms with Gasteiger partial charge in [-0.25, -0.2) is 9.59 Å². The predicted molar refractivity (Wildman–Crippen MR) is 105 cm³/mol. The summed E-state index contributed by atoms with van der Waals surface area (Å²) in [4.78, 5) is 26.7. The van der Waals surface area contributed by atoms with Gasteiger partial charge in [0.1, 0.15) is 9.88 Å². The van der Waals surface area contributed by atoms with Gasteiger partial charge < -0.3 is 24.8 Å². The molecule has 2 aromatic rings. The highest BCUT2D eigenvalue weighted by molar-refractivity contribution is 7.98. The van der Waals surface area contributed by atoms with Gasteiger partial charge in [0, 0.05) is 31.5 Å². The van der Waals surface area contributed by atoms with Crippen molar-refractivity contribution in [1.29, 1.82) is 0 Å². The number of hydrogen-bond acceptors (Lipinski definition) is 11. The van der Waals surface area contributed by atoms with Crippen LogP contribution in [0.2, 0.25) is 0 Å². The summed E-state index contributed by atoms with van der Waals surface area (Å²) in [6.45, 7) is 2.79. The van der Waals surface area contributed by atoms with Crippen LogP contribution in [0, 0.1) is 0 Å². The molecule has 0 bridgehead atoms. The average Bonchev–Trinajstić information content (AvgIpc) is 3.25. The Morgan fingerprint density at radius 3 is 2.54 bits per heavy atom. The maximum Gasteiger partial charge on any atom is 0.348 e. The first kappa shape index (κ1) is 20.4. The Kier molecular flexibility index (Phi) is 6.42. The lowest BCUT2D eigenvalue weighted by Crippen LogP contribution is -2.37. The fourth-order valence-electron chi connectivity index (χ4n) is 2.81. The summed E-state index contributed by atoms with van der Waals surface area (Å²) in [5.74, 6) is -0.101. The third kappa shape index (κ3) is 3.93. The number of morpholine rings is 1. The van der Waals surface area contributed by atoms with Crippen molar-refractivity contribution < 1.29 is 23.8 Å². The summed E-state index contributed by atoms with van der Waals surface area (Å²) in [5, 5.41) is 9.37. The number of esters is 2. The van der Waals surface area contributed by atoms with Crippen molar-refractivity contribution in [3.63, 3.8) is 0 Å². The molecule has 0 saturated carbocycles. The fourth-order valence-corrected chi connectivity index (χ4v) is 4.83. The van der Waals surface area contributed by atoms with Crippen molar-refractivity contribution in [2.24, 2.45) is 7.05 Å².